The van der Waals surface area contributed by atoms with Crippen LogP contribution in [0.3, 0.4) is 0 Å². The van der Waals surface area contributed by atoms with Gasteiger partial charge in [0.15, 0.2) is 0 Å². The molecule has 1 atom stereocenters. The van der Waals surface area contributed by atoms with E-state index in [0.29, 0.717) is 19.4 Å². The van der Waals surface area contributed by atoms with Gasteiger partial charge in [0.1, 0.15) is 0 Å². The van der Waals surface area contributed by atoms with Gasteiger partial charge in [0, 0.05) is 13.0 Å². The molecule has 1 aromatic rings. The summed E-state index contributed by atoms with van der Waals surface area (Å²) in [5, 5.41) is 0. The Morgan fingerprint density at radius 2 is 1.72 bits per heavy atom. The van der Waals surface area contributed by atoms with Gasteiger partial charge in [0.2, 0.25) is 11.8 Å². The Balaban J connectivity index is 2.95. The van der Waals surface area contributed by atoms with Gasteiger partial charge in [-0.2, -0.15) is 0 Å². The van der Waals surface area contributed by atoms with Gasteiger partial charge in [-0.05, 0) is 18.9 Å². The third-order valence-electron chi connectivity index (χ3n) is 3.09. The van der Waals surface area contributed by atoms with E-state index in [1.165, 1.54) is 4.90 Å². The first-order valence-electron chi connectivity index (χ1n) is 6.54. The molecule has 2 amide bonds. The predicted molar refractivity (Wildman–Crippen MR) is 72.2 cm³/mol. The highest BCUT2D eigenvalue weighted by atomic mass is 16.2. The van der Waals surface area contributed by atoms with Gasteiger partial charge in [-0.3, -0.25) is 14.5 Å². The van der Waals surface area contributed by atoms with Crippen LogP contribution in [0.1, 0.15) is 45.1 Å². The van der Waals surface area contributed by atoms with E-state index in [2.05, 4.69) is 0 Å². The van der Waals surface area contributed by atoms with Crippen molar-refractivity contribution in [3.8, 4) is 0 Å². The van der Waals surface area contributed by atoms with Crippen molar-refractivity contribution in [1.29, 1.82) is 0 Å². The summed E-state index contributed by atoms with van der Waals surface area (Å²) in [5.41, 5.74) is 0.979. The minimum absolute atomic E-state index is 0.0851. The van der Waals surface area contributed by atoms with Crippen LogP contribution < -0.4 is 0 Å². The number of nitrogens with zero attached hydrogens (tertiary/aromatic N) is 1. The van der Waals surface area contributed by atoms with E-state index >= 15 is 0 Å². The first-order valence-corrected chi connectivity index (χ1v) is 6.54. The van der Waals surface area contributed by atoms with Crippen molar-refractivity contribution in [2.75, 3.05) is 6.54 Å². The van der Waals surface area contributed by atoms with E-state index in [1.807, 2.05) is 44.2 Å². The molecule has 0 bridgehead atoms. The molecule has 3 heteroatoms. The first kappa shape index (κ1) is 14.4. The standard InChI is InChI=1S/C15H21NO2/c1-4-13(12-10-8-7-9-11-12)15(18)16(6-3)14(17)5-2/h7-11,13H,4-6H2,1-3H3. The molecule has 3 nitrogen and oxygen atoms in total. The highest BCUT2D eigenvalue weighted by Gasteiger charge is 2.26. The van der Waals surface area contributed by atoms with Crippen LogP contribution in [0.25, 0.3) is 0 Å². The quantitative estimate of drug-likeness (QED) is 0.802. The summed E-state index contributed by atoms with van der Waals surface area (Å²) in [5.74, 6) is -0.406. The summed E-state index contributed by atoms with van der Waals surface area (Å²) in [6, 6.07) is 9.65. The molecule has 0 aromatic heterocycles. The van der Waals surface area contributed by atoms with Crippen LogP contribution in [0, 0.1) is 0 Å². The van der Waals surface area contributed by atoms with E-state index in [-0.39, 0.29) is 17.7 Å². The molecule has 0 saturated heterocycles. The summed E-state index contributed by atoms with van der Waals surface area (Å²) in [6.07, 6.45) is 1.07. The minimum atomic E-state index is -0.221. The van der Waals surface area contributed by atoms with E-state index < -0.39 is 0 Å². The maximum atomic E-state index is 12.4. The maximum Gasteiger partial charge on any atom is 0.236 e. The SMILES string of the molecule is CCC(=O)N(CC)C(=O)C(CC)c1ccccc1. The lowest BCUT2D eigenvalue weighted by Crippen LogP contribution is -2.39. The third-order valence-corrected chi connectivity index (χ3v) is 3.09. The average Bonchev–Trinajstić information content (AvgIpc) is 2.41. The number of imide groups is 1. The zero-order chi connectivity index (χ0) is 13.5. The zero-order valence-corrected chi connectivity index (χ0v) is 11.3. The third kappa shape index (κ3) is 3.19. The van der Waals surface area contributed by atoms with Crippen LogP contribution in [0.4, 0.5) is 0 Å². The van der Waals surface area contributed by atoms with E-state index in [1.54, 1.807) is 6.92 Å². The number of amides is 2. The second-order valence-corrected chi connectivity index (χ2v) is 4.20. The Morgan fingerprint density at radius 3 is 2.17 bits per heavy atom. The Hall–Kier alpha value is -1.64. The highest BCUT2D eigenvalue weighted by Crippen LogP contribution is 2.22. The Morgan fingerprint density at radius 1 is 1.11 bits per heavy atom. The van der Waals surface area contributed by atoms with Crippen LogP contribution in [-0.4, -0.2) is 23.3 Å². The van der Waals surface area contributed by atoms with Gasteiger partial charge in [-0.15, -0.1) is 0 Å². The number of hydrogen-bond acceptors (Lipinski definition) is 2. The van der Waals surface area contributed by atoms with Crippen molar-refractivity contribution in [3.63, 3.8) is 0 Å². The van der Waals surface area contributed by atoms with Crippen molar-refractivity contribution < 1.29 is 9.59 Å². The molecule has 18 heavy (non-hydrogen) atoms. The molecule has 0 fully saturated rings. The fourth-order valence-corrected chi connectivity index (χ4v) is 2.07. The van der Waals surface area contributed by atoms with E-state index in [9.17, 15) is 9.59 Å². The smallest absolute Gasteiger partial charge is 0.236 e. The Bertz CT molecular complexity index is 400. The molecule has 98 valence electrons. The molecular weight excluding hydrogens is 226 g/mol. The number of benzene rings is 1. The second-order valence-electron chi connectivity index (χ2n) is 4.20. The van der Waals surface area contributed by atoms with Crippen LogP contribution in [-0.2, 0) is 9.59 Å². The van der Waals surface area contributed by atoms with Gasteiger partial charge in [0.25, 0.3) is 0 Å². The Kier molecular flexibility index (Phi) is 5.56. The molecule has 0 aliphatic heterocycles. The molecule has 0 saturated carbocycles. The molecule has 1 aromatic carbocycles. The first-order chi connectivity index (χ1) is 8.65. The minimum Gasteiger partial charge on any atom is -0.282 e. The molecule has 1 rings (SSSR count). The van der Waals surface area contributed by atoms with Crippen LogP contribution in [0.15, 0.2) is 30.3 Å². The summed E-state index contributed by atoms with van der Waals surface area (Å²) >= 11 is 0. The summed E-state index contributed by atoms with van der Waals surface area (Å²) in [4.78, 5) is 25.5. The van der Waals surface area contributed by atoms with Gasteiger partial charge >= 0.3 is 0 Å². The number of carbonyl (C=O) groups excluding carboxylic acids is 2. The summed E-state index contributed by atoms with van der Waals surface area (Å²) < 4.78 is 0. The maximum absolute atomic E-state index is 12.4. The molecule has 0 spiro atoms. The van der Waals surface area contributed by atoms with E-state index in [0.717, 1.165) is 5.56 Å². The summed E-state index contributed by atoms with van der Waals surface area (Å²) in [7, 11) is 0. The molecule has 0 aliphatic rings. The van der Waals surface area contributed by atoms with Gasteiger partial charge in [-0.25, -0.2) is 0 Å². The Labute approximate surface area is 109 Å². The van der Waals surface area contributed by atoms with Crippen molar-refractivity contribution in [1.82, 2.24) is 4.90 Å². The zero-order valence-electron chi connectivity index (χ0n) is 11.3. The average molecular weight is 247 g/mol. The van der Waals surface area contributed by atoms with Gasteiger partial charge in [-0.1, -0.05) is 44.2 Å². The van der Waals surface area contributed by atoms with Crippen molar-refractivity contribution in [2.24, 2.45) is 0 Å². The number of hydrogen-bond donors (Lipinski definition) is 0. The van der Waals surface area contributed by atoms with Crippen LogP contribution in [0.2, 0.25) is 0 Å². The largest absolute Gasteiger partial charge is 0.282 e. The van der Waals surface area contributed by atoms with Crippen LogP contribution in [0.5, 0.6) is 0 Å². The molecule has 0 radical (unpaired) electrons. The molecule has 0 N–H and O–H groups in total. The molecule has 0 heterocycles. The molecule has 0 aliphatic carbocycles. The van der Waals surface area contributed by atoms with Crippen molar-refractivity contribution in [3.05, 3.63) is 35.9 Å². The van der Waals surface area contributed by atoms with E-state index in [4.69, 9.17) is 0 Å². The fourth-order valence-electron chi connectivity index (χ4n) is 2.07. The summed E-state index contributed by atoms with van der Waals surface area (Å²) in [6.45, 7) is 6.03. The number of carbonyl (C=O) groups is 2. The van der Waals surface area contributed by atoms with Crippen LogP contribution >= 0.6 is 0 Å². The number of rotatable bonds is 5. The number of likely N-dealkylation sites (N-methyl/N-ethyl adjacent to an activating group) is 1. The monoisotopic (exact) mass is 247 g/mol. The lowest BCUT2D eigenvalue weighted by molar-refractivity contribution is -0.145. The normalized spacial score (nSPS) is 11.9. The van der Waals surface area contributed by atoms with Gasteiger partial charge in [0.05, 0.1) is 5.92 Å². The second kappa shape index (κ2) is 6.94. The topological polar surface area (TPSA) is 37.4 Å². The molecular formula is C15H21NO2. The molecule has 1 unspecified atom stereocenters. The van der Waals surface area contributed by atoms with Gasteiger partial charge < -0.3 is 0 Å². The lowest BCUT2D eigenvalue weighted by Gasteiger charge is -2.24. The predicted octanol–water partition coefficient (Wildman–Crippen LogP) is 2.97. The van der Waals surface area contributed by atoms with Crippen molar-refractivity contribution >= 4 is 11.8 Å². The lowest BCUT2D eigenvalue weighted by atomic mass is 9.95. The van der Waals surface area contributed by atoms with Crippen molar-refractivity contribution in [2.45, 2.75) is 39.5 Å². The highest BCUT2D eigenvalue weighted by molar-refractivity contribution is 5.98. The fraction of sp³-hybridized carbons (Fsp3) is 0.467.